The van der Waals surface area contributed by atoms with Crippen molar-refractivity contribution in [1.82, 2.24) is 5.32 Å². The van der Waals surface area contributed by atoms with E-state index in [1.807, 2.05) is 6.07 Å². The lowest BCUT2D eigenvalue weighted by Crippen LogP contribution is -2.39. The minimum atomic E-state index is -1.82. The first-order valence-electron chi connectivity index (χ1n) is 8.48. The molecule has 0 spiro atoms. The van der Waals surface area contributed by atoms with Crippen molar-refractivity contribution in [2.24, 2.45) is 0 Å². The molecule has 1 heterocycles. The summed E-state index contributed by atoms with van der Waals surface area (Å²) < 4.78 is 6.17. The Balaban J connectivity index is 0.000000352. The Morgan fingerprint density at radius 2 is 1.54 bits per heavy atom. The molecular weight excluding hydrogens is 334 g/mol. The third-order valence-electron chi connectivity index (χ3n) is 4.05. The van der Waals surface area contributed by atoms with Gasteiger partial charge in [0.05, 0.1) is 18.8 Å². The van der Waals surface area contributed by atoms with Crippen molar-refractivity contribution in [3.05, 3.63) is 71.8 Å². The van der Waals surface area contributed by atoms with E-state index in [9.17, 15) is 0 Å². The van der Waals surface area contributed by atoms with E-state index in [4.69, 9.17) is 24.5 Å². The molecule has 0 aromatic heterocycles. The lowest BCUT2D eigenvalue weighted by molar-refractivity contribution is -0.159. The highest BCUT2D eigenvalue weighted by molar-refractivity contribution is 6.27. The Bertz CT molecular complexity index is 678. The van der Waals surface area contributed by atoms with Crippen LogP contribution in [0.2, 0.25) is 0 Å². The summed E-state index contributed by atoms with van der Waals surface area (Å²) in [5.74, 6) is -3.65. The average Bonchev–Trinajstić information content (AvgIpc) is 2.68. The first-order chi connectivity index (χ1) is 12.6. The molecule has 0 amide bonds. The molecule has 0 radical (unpaired) electrons. The molecule has 26 heavy (non-hydrogen) atoms. The summed E-state index contributed by atoms with van der Waals surface area (Å²) in [4.78, 5) is 18.2. The van der Waals surface area contributed by atoms with Gasteiger partial charge in [0, 0.05) is 0 Å². The van der Waals surface area contributed by atoms with E-state index in [2.05, 4.69) is 59.9 Å². The van der Waals surface area contributed by atoms with Crippen LogP contribution in [0.5, 0.6) is 0 Å². The number of nitrogens with one attached hydrogen (secondary N) is 1. The third-order valence-corrected chi connectivity index (χ3v) is 4.05. The number of piperidine rings is 1. The van der Waals surface area contributed by atoms with Crippen LogP contribution in [0.15, 0.2) is 60.7 Å². The first-order valence-corrected chi connectivity index (χ1v) is 8.48. The second kappa shape index (κ2) is 10.3. The second-order valence-corrected chi connectivity index (χ2v) is 5.93. The minimum Gasteiger partial charge on any atom is -0.473 e. The van der Waals surface area contributed by atoms with Gasteiger partial charge in [0.2, 0.25) is 0 Å². The maximum Gasteiger partial charge on any atom is 0.414 e. The Morgan fingerprint density at radius 3 is 2.12 bits per heavy atom. The average molecular weight is 357 g/mol. The monoisotopic (exact) mass is 357 g/mol. The number of carboxylic acids is 2. The van der Waals surface area contributed by atoms with Gasteiger partial charge < -0.3 is 20.3 Å². The van der Waals surface area contributed by atoms with Gasteiger partial charge in [-0.05, 0) is 30.5 Å². The van der Waals surface area contributed by atoms with Gasteiger partial charge in [-0.2, -0.15) is 0 Å². The van der Waals surface area contributed by atoms with Crippen LogP contribution < -0.4 is 5.32 Å². The van der Waals surface area contributed by atoms with E-state index in [1.165, 1.54) is 17.5 Å². The molecule has 3 N–H and O–H groups in total. The molecule has 138 valence electrons. The highest BCUT2D eigenvalue weighted by Gasteiger charge is 2.26. The molecule has 2 aromatic rings. The van der Waals surface area contributed by atoms with Gasteiger partial charge in [-0.25, -0.2) is 9.59 Å². The topological polar surface area (TPSA) is 95.9 Å². The van der Waals surface area contributed by atoms with Crippen molar-refractivity contribution in [3.63, 3.8) is 0 Å². The summed E-state index contributed by atoms with van der Waals surface area (Å²) in [6.45, 7) is 1.77. The SMILES string of the molecule is O=C(O)C(=O)O.c1ccc(COC2CCCNC2c2ccccc2)cc1. The van der Waals surface area contributed by atoms with Gasteiger partial charge in [0.25, 0.3) is 0 Å². The van der Waals surface area contributed by atoms with Gasteiger partial charge in [0.1, 0.15) is 0 Å². The van der Waals surface area contributed by atoms with Crippen LogP contribution >= 0.6 is 0 Å². The summed E-state index contributed by atoms with van der Waals surface area (Å²) in [6.07, 6.45) is 2.56. The molecule has 2 aromatic carbocycles. The number of ether oxygens (including phenoxy) is 1. The quantitative estimate of drug-likeness (QED) is 0.728. The number of benzene rings is 2. The number of hydrogen-bond donors (Lipinski definition) is 3. The molecule has 1 aliphatic heterocycles. The van der Waals surface area contributed by atoms with Crippen LogP contribution in [0.1, 0.15) is 30.0 Å². The molecule has 1 fully saturated rings. The normalized spacial score (nSPS) is 19.1. The van der Waals surface area contributed by atoms with Crippen molar-refractivity contribution >= 4 is 11.9 Å². The number of carboxylic acid groups (broad SMARTS) is 2. The van der Waals surface area contributed by atoms with Gasteiger partial charge >= 0.3 is 11.9 Å². The van der Waals surface area contributed by atoms with Crippen molar-refractivity contribution in [3.8, 4) is 0 Å². The molecule has 6 nitrogen and oxygen atoms in total. The smallest absolute Gasteiger partial charge is 0.414 e. The fourth-order valence-corrected chi connectivity index (χ4v) is 2.81. The predicted octanol–water partition coefficient (Wildman–Crippen LogP) is 2.85. The molecule has 0 saturated carbocycles. The zero-order valence-electron chi connectivity index (χ0n) is 14.4. The molecule has 3 rings (SSSR count). The Hall–Kier alpha value is -2.70. The fraction of sp³-hybridized carbons (Fsp3) is 0.300. The van der Waals surface area contributed by atoms with E-state index in [0.717, 1.165) is 13.0 Å². The van der Waals surface area contributed by atoms with Crippen molar-refractivity contribution in [2.45, 2.75) is 31.6 Å². The number of aliphatic carboxylic acids is 2. The summed E-state index contributed by atoms with van der Waals surface area (Å²) in [7, 11) is 0. The van der Waals surface area contributed by atoms with E-state index < -0.39 is 11.9 Å². The van der Waals surface area contributed by atoms with Crippen LogP contribution in [-0.2, 0) is 20.9 Å². The van der Waals surface area contributed by atoms with Crippen molar-refractivity contribution in [1.29, 1.82) is 0 Å². The van der Waals surface area contributed by atoms with Gasteiger partial charge in [0.15, 0.2) is 0 Å². The Morgan fingerprint density at radius 1 is 0.962 bits per heavy atom. The van der Waals surface area contributed by atoms with Crippen LogP contribution in [0.4, 0.5) is 0 Å². The number of carbonyl (C=O) groups is 2. The van der Waals surface area contributed by atoms with Crippen LogP contribution in [-0.4, -0.2) is 34.8 Å². The Labute approximate surface area is 152 Å². The lowest BCUT2D eigenvalue weighted by atomic mass is 9.94. The standard InChI is InChI=1S/C18H21NO.C2H2O4/c1-3-8-15(9-4-1)14-20-17-12-7-13-19-18(17)16-10-5-2-6-11-16;3-1(4)2(5)6/h1-6,8-11,17-19H,7,12-14H2;(H,3,4)(H,5,6). The number of rotatable bonds is 4. The zero-order valence-corrected chi connectivity index (χ0v) is 14.4. The molecule has 2 atom stereocenters. The zero-order chi connectivity index (χ0) is 18.8. The molecule has 0 aliphatic carbocycles. The molecule has 1 saturated heterocycles. The molecule has 2 unspecified atom stereocenters. The predicted molar refractivity (Wildman–Crippen MR) is 96.7 cm³/mol. The van der Waals surface area contributed by atoms with Crippen LogP contribution in [0, 0.1) is 0 Å². The molecule has 0 bridgehead atoms. The van der Waals surface area contributed by atoms with Crippen LogP contribution in [0.25, 0.3) is 0 Å². The van der Waals surface area contributed by atoms with Crippen molar-refractivity contribution in [2.75, 3.05) is 6.54 Å². The highest BCUT2D eigenvalue weighted by Crippen LogP contribution is 2.26. The molecular formula is C20H23NO5. The maximum atomic E-state index is 9.10. The first kappa shape index (κ1) is 19.6. The van der Waals surface area contributed by atoms with Crippen LogP contribution in [0.3, 0.4) is 0 Å². The highest BCUT2D eigenvalue weighted by atomic mass is 16.5. The maximum absolute atomic E-state index is 9.10. The Kier molecular flexibility index (Phi) is 7.79. The van der Waals surface area contributed by atoms with Gasteiger partial charge in [-0.3, -0.25) is 0 Å². The summed E-state index contributed by atoms with van der Waals surface area (Å²) in [5.41, 5.74) is 2.56. The van der Waals surface area contributed by atoms with Crippen molar-refractivity contribution < 1.29 is 24.5 Å². The van der Waals surface area contributed by atoms with E-state index >= 15 is 0 Å². The summed E-state index contributed by atoms with van der Waals surface area (Å²) in [6, 6.07) is 21.3. The minimum absolute atomic E-state index is 0.256. The van der Waals surface area contributed by atoms with E-state index in [0.29, 0.717) is 12.6 Å². The number of hydrogen-bond acceptors (Lipinski definition) is 4. The largest absolute Gasteiger partial charge is 0.473 e. The van der Waals surface area contributed by atoms with Gasteiger partial charge in [-0.1, -0.05) is 60.7 Å². The third kappa shape index (κ3) is 6.31. The summed E-state index contributed by atoms with van der Waals surface area (Å²) in [5, 5.41) is 18.4. The summed E-state index contributed by atoms with van der Waals surface area (Å²) >= 11 is 0. The molecule has 1 aliphatic rings. The lowest BCUT2D eigenvalue weighted by Gasteiger charge is -2.33. The fourth-order valence-electron chi connectivity index (χ4n) is 2.81. The van der Waals surface area contributed by atoms with Gasteiger partial charge in [-0.15, -0.1) is 0 Å². The van der Waals surface area contributed by atoms with E-state index in [1.54, 1.807) is 0 Å². The second-order valence-electron chi connectivity index (χ2n) is 5.93. The molecule has 6 heteroatoms. The van der Waals surface area contributed by atoms with E-state index in [-0.39, 0.29) is 6.10 Å².